The summed E-state index contributed by atoms with van der Waals surface area (Å²) in [6.45, 7) is 3.82. The van der Waals surface area contributed by atoms with Crippen LogP contribution in [0.25, 0.3) is 0 Å². The Labute approximate surface area is 77.5 Å². The van der Waals surface area contributed by atoms with Gasteiger partial charge in [-0.2, -0.15) is 0 Å². The highest BCUT2D eigenvalue weighted by Gasteiger charge is 2.04. The number of anilines is 1. The van der Waals surface area contributed by atoms with Gasteiger partial charge in [-0.25, -0.2) is 0 Å². The van der Waals surface area contributed by atoms with Crippen LogP contribution in [-0.4, -0.2) is 12.4 Å². The van der Waals surface area contributed by atoms with Crippen molar-refractivity contribution < 1.29 is 9.53 Å². The Bertz CT molecular complexity index is 308. The minimum Gasteiger partial charge on any atom is -0.490 e. The zero-order valence-corrected chi connectivity index (χ0v) is 7.78. The Morgan fingerprint density at radius 2 is 2.15 bits per heavy atom. The van der Waals surface area contributed by atoms with Gasteiger partial charge in [0.25, 0.3) is 0 Å². The lowest BCUT2D eigenvalue weighted by atomic mass is 10.2. The van der Waals surface area contributed by atoms with Gasteiger partial charge >= 0.3 is 0 Å². The van der Waals surface area contributed by atoms with Gasteiger partial charge in [0.15, 0.2) is 6.29 Å². The Balaban J connectivity index is 2.99. The Kier molecular flexibility index (Phi) is 2.90. The number of rotatable bonds is 3. The summed E-state index contributed by atoms with van der Waals surface area (Å²) in [6.07, 6.45) is 0.802. The normalized spacial score (nSPS) is 10.1. The lowest BCUT2D eigenvalue weighted by Gasteiger charge is -2.11. The molecule has 1 aromatic carbocycles. The van der Waals surface area contributed by atoms with E-state index in [2.05, 4.69) is 0 Å². The van der Waals surface area contributed by atoms with Gasteiger partial charge < -0.3 is 10.5 Å². The third-order valence-electron chi connectivity index (χ3n) is 1.52. The fourth-order valence-electron chi connectivity index (χ4n) is 1.02. The molecule has 0 bridgehead atoms. The summed E-state index contributed by atoms with van der Waals surface area (Å²) in [4.78, 5) is 10.6. The van der Waals surface area contributed by atoms with E-state index in [0.29, 0.717) is 17.0 Å². The van der Waals surface area contributed by atoms with Crippen LogP contribution in [0.3, 0.4) is 0 Å². The van der Waals surface area contributed by atoms with Crippen molar-refractivity contribution in [3.05, 3.63) is 23.8 Å². The molecule has 0 heterocycles. The smallest absolute Gasteiger partial charge is 0.153 e. The molecular formula is C10H13NO2. The number of benzene rings is 1. The molecule has 0 aliphatic heterocycles. The van der Waals surface area contributed by atoms with E-state index in [1.54, 1.807) is 18.2 Å². The average molecular weight is 179 g/mol. The highest BCUT2D eigenvalue weighted by atomic mass is 16.5. The van der Waals surface area contributed by atoms with Crippen molar-refractivity contribution in [3.63, 3.8) is 0 Å². The van der Waals surface area contributed by atoms with Gasteiger partial charge in [-0.1, -0.05) is 0 Å². The van der Waals surface area contributed by atoms with Crippen LogP contribution in [0.5, 0.6) is 5.75 Å². The summed E-state index contributed by atoms with van der Waals surface area (Å²) in [5.41, 5.74) is 6.58. The van der Waals surface area contributed by atoms with Crippen LogP contribution in [0, 0.1) is 0 Å². The monoisotopic (exact) mass is 179 g/mol. The largest absolute Gasteiger partial charge is 0.490 e. The first-order valence-electron chi connectivity index (χ1n) is 4.15. The molecule has 3 nitrogen and oxygen atoms in total. The molecule has 13 heavy (non-hydrogen) atoms. The van der Waals surface area contributed by atoms with E-state index >= 15 is 0 Å². The molecule has 1 aromatic rings. The summed E-state index contributed by atoms with van der Waals surface area (Å²) >= 11 is 0. The number of nitrogen functional groups attached to an aromatic ring is 1. The Hall–Kier alpha value is -1.51. The number of ether oxygens (including phenoxy) is 1. The van der Waals surface area contributed by atoms with Gasteiger partial charge in [0.2, 0.25) is 0 Å². The second-order valence-corrected chi connectivity index (χ2v) is 3.08. The second-order valence-electron chi connectivity index (χ2n) is 3.08. The van der Waals surface area contributed by atoms with Gasteiger partial charge in [-0.05, 0) is 32.0 Å². The first-order valence-corrected chi connectivity index (χ1v) is 4.15. The first kappa shape index (κ1) is 9.58. The lowest BCUT2D eigenvalue weighted by molar-refractivity contribution is 0.111. The fraction of sp³-hybridized carbons (Fsp3) is 0.300. The molecule has 0 radical (unpaired) electrons. The van der Waals surface area contributed by atoms with E-state index in [4.69, 9.17) is 10.5 Å². The number of aldehydes is 1. The summed E-state index contributed by atoms with van der Waals surface area (Å²) in [5.74, 6) is 0.583. The molecule has 0 aromatic heterocycles. The van der Waals surface area contributed by atoms with Gasteiger partial charge in [0, 0.05) is 5.69 Å². The van der Waals surface area contributed by atoms with Crippen LogP contribution in [0.15, 0.2) is 18.2 Å². The minimum atomic E-state index is 0.0577. The maximum absolute atomic E-state index is 10.6. The van der Waals surface area contributed by atoms with Crippen molar-refractivity contribution in [2.75, 3.05) is 5.73 Å². The highest BCUT2D eigenvalue weighted by Crippen LogP contribution is 2.20. The summed E-state index contributed by atoms with van der Waals surface area (Å²) in [5, 5.41) is 0. The summed E-state index contributed by atoms with van der Waals surface area (Å²) < 4.78 is 5.40. The molecule has 0 atom stereocenters. The SMILES string of the molecule is CC(C)Oc1ccc(N)cc1C=O. The topological polar surface area (TPSA) is 52.3 Å². The molecule has 70 valence electrons. The highest BCUT2D eigenvalue weighted by molar-refractivity contribution is 5.81. The summed E-state index contributed by atoms with van der Waals surface area (Å²) in [7, 11) is 0. The molecule has 1 rings (SSSR count). The van der Waals surface area contributed by atoms with Crippen molar-refractivity contribution in [2.24, 2.45) is 0 Å². The van der Waals surface area contributed by atoms with E-state index in [-0.39, 0.29) is 6.10 Å². The molecule has 0 aliphatic rings. The molecule has 0 saturated carbocycles. The number of hydrogen-bond acceptors (Lipinski definition) is 3. The van der Waals surface area contributed by atoms with Crippen molar-refractivity contribution >= 4 is 12.0 Å². The minimum absolute atomic E-state index is 0.0577. The van der Waals surface area contributed by atoms with E-state index in [9.17, 15) is 4.79 Å². The molecule has 2 N–H and O–H groups in total. The van der Waals surface area contributed by atoms with Gasteiger partial charge in [-0.3, -0.25) is 4.79 Å². The standard InChI is InChI=1S/C10H13NO2/c1-7(2)13-10-4-3-9(11)5-8(10)6-12/h3-7H,11H2,1-2H3. The van der Waals surface area contributed by atoms with Crippen LogP contribution < -0.4 is 10.5 Å². The van der Waals surface area contributed by atoms with Crippen molar-refractivity contribution in [3.8, 4) is 5.75 Å². The number of hydrogen-bond donors (Lipinski definition) is 1. The number of nitrogens with two attached hydrogens (primary N) is 1. The van der Waals surface area contributed by atoms with E-state index in [1.807, 2.05) is 13.8 Å². The molecule has 0 spiro atoms. The average Bonchev–Trinajstić information content (AvgIpc) is 2.07. The van der Waals surface area contributed by atoms with Crippen molar-refractivity contribution in [1.82, 2.24) is 0 Å². The van der Waals surface area contributed by atoms with Crippen molar-refractivity contribution in [1.29, 1.82) is 0 Å². The van der Waals surface area contributed by atoms with E-state index < -0.39 is 0 Å². The molecular weight excluding hydrogens is 166 g/mol. The Morgan fingerprint density at radius 3 is 2.69 bits per heavy atom. The van der Waals surface area contributed by atoms with Gasteiger partial charge in [0.1, 0.15) is 5.75 Å². The molecule has 0 amide bonds. The molecule has 0 unspecified atom stereocenters. The molecule has 3 heteroatoms. The predicted molar refractivity (Wildman–Crippen MR) is 52.0 cm³/mol. The zero-order chi connectivity index (χ0) is 9.84. The number of carbonyl (C=O) groups excluding carboxylic acids is 1. The predicted octanol–water partition coefficient (Wildman–Crippen LogP) is 1.87. The summed E-state index contributed by atoms with van der Waals surface area (Å²) in [6, 6.07) is 5.02. The van der Waals surface area contributed by atoms with E-state index in [0.717, 1.165) is 6.29 Å². The van der Waals surface area contributed by atoms with Crippen LogP contribution >= 0.6 is 0 Å². The van der Waals surface area contributed by atoms with Gasteiger partial charge in [-0.15, -0.1) is 0 Å². The maximum atomic E-state index is 10.6. The Morgan fingerprint density at radius 1 is 1.46 bits per heavy atom. The van der Waals surface area contributed by atoms with Crippen molar-refractivity contribution in [2.45, 2.75) is 20.0 Å². The van der Waals surface area contributed by atoms with Crippen LogP contribution in [0.1, 0.15) is 24.2 Å². The molecule has 0 aliphatic carbocycles. The van der Waals surface area contributed by atoms with Crippen LogP contribution in [0.2, 0.25) is 0 Å². The third kappa shape index (κ3) is 2.47. The zero-order valence-electron chi connectivity index (χ0n) is 7.78. The molecule has 0 saturated heterocycles. The molecule has 0 fully saturated rings. The van der Waals surface area contributed by atoms with Crippen LogP contribution in [-0.2, 0) is 0 Å². The third-order valence-corrected chi connectivity index (χ3v) is 1.52. The van der Waals surface area contributed by atoms with E-state index in [1.165, 1.54) is 0 Å². The van der Waals surface area contributed by atoms with Gasteiger partial charge in [0.05, 0.1) is 11.7 Å². The fourth-order valence-corrected chi connectivity index (χ4v) is 1.02. The number of carbonyl (C=O) groups is 1. The first-order chi connectivity index (χ1) is 6.13. The maximum Gasteiger partial charge on any atom is 0.153 e. The quantitative estimate of drug-likeness (QED) is 0.569. The second kappa shape index (κ2) is 3.94. The van der Waals surface area contributed by atoms with Crippen LogP contribution in [0.4, 0.5) is 5.69 Å². The lowest BCUT2D eigenvalue weighted by Crippen LogP contribution is -2.07.